The highest BCUT2D eigenvalue weighted by molar-refractivity contribution is 9.12. The van der Waals surface area contributed by atoms with E-state index in [1.54, 1.807) is 6.07 Å². The molecule has 1 fully saturated rings. The number of alkyl halides is 2. The summed E-state index contributed by atoms with van der Waals surface area (Å²) in [5.74, 6) is 0.694. The molecule has 0 heterocycles. The standard InChI is InChI=1S/C22H27Br2N.C2H3N/c1-25(16-18-6-3-2-4-7-18)13-5-8-17-9-11-19(12-10-17)20-14-21(23)22(24)15-20;1-2-3/h2-4,6-7,9-12,20-22H,5,8,13-16H2,1H3;1H3. The first-order valence-corrected chi connectivity index (χ1v) is 11.8. The Morgan fingerprint density at radius 2 is 1.54 bits per heavy atom. The monoisotopic (exact) mass is 504 g/mol. The molecule has 1 aliphatic rings. The van der Waals surface area contributed by atoms with Crippen LogP contribution in [0.25, 0.3) is 0 Å². The molecule has 2 nitrogen and oxygen atoms in total. The van der Waals surface area contributed by atoms with E-state index in [0.717, 1.165) is 19.5 Å². The molecule has 0 saturated heterocycles. The fourth-order valence-corrected chi connectivity index (χ4v) is 5.03. The summed E-state index contributed by atoms with van der Waals surface area (Å²) in [6, 6.07) is 21.8. The first-order valence-electron chi connectivity index (χ1n) is 9.93. The third-order valence-corrected chi connectivity index (χ3v) is 7.90. The SMILES string of the molecule is CC#N.CN(CCCc1ccc(C2CC(Br)C(Br)C2)cc1)Cc1ccccc1. The molecule has 28 heavy (non-hydrogen) atoms. The first kappa shape index (κ1) is 23.1. The molecule has 2 unspecified atom stereocenters. The Bertz CT molecular complexity index is 715. The molecule has 0 aliphatic heterocycles. The molecule has 0 N–H and O–H groups in total. The molecule has 2 atom stereocenters. The van der Waals surface area contributed by atoms with E-state index in [9.17, 15) is 0 Å². The molecule has 0 spiro atoms. The molecule has 4 heteroatoms. The van der Waals surface area contributed by atoms with E-state index >= 15 is 0 Å². The summed E-state index contributed by atoms with van der Waals surface area (Å²) < 4.78 is 0. The minimum absolute atomic E-state index is 0.609. The average Bonchev–Trinajstić information content (AvgIpc) is 3.02. The van der Waals surface area contributed by atoms with Crippen LogP contribution in [0.15, 0.2) is 54.6 Å². The van der Waals surface area contributed by atoms with Gasteiger partial charge in [0.05, 0.1) is 6.07 Å². The zero-order chi connectivity index (χ0) is 20.4. The summed E-state index contributed by atoms with van der Waals surface area (Å²) in [6.07, 6.45) is 4.84. The van der Waals surface area contributed by atoms with Crippen LogP contribution in [0.1, 0.15) is 48.8 Å². The highest BCUT2D eigenvalue weighted by atomic mass is 79.9. The second-order valence-corrected chi connectivity index (χ2v) is 9.84. The highest BCUT2D eigenvalue weighted by Crippen LogP contribution is 2.41. The minimum atomic E-state index is 0.609. The van der Waals surface area contributed by atoms with Gasteiger partial charge in [0.25, 0.3) is 0 Å². The summed E-state index contributed by atoms with van der Waals surface area (Å²) in [7, 11) is 2.21. The van der Waals surface area contributed by atoms with E-state index in [-0.39, 0.29) is 0 Å². The van der Waals surface area contributed by atoms with Gasteiger partial charge in [0.2, 0.25) is 0 Å². The van der Waals surface area contributed by atoms with E-state index in [1.165, 1.54) is 42.9 Å². The molecule has 150 valence electrons. The Labute approximate surface area is 187 Å². The second kappa shape index (κ2) is 12.4. The van der Waals surface area contributed by atoms with Crippen LogP contribution in [0.2, 0.25) is 0 Å². The number of aryl methyl sites for hydroxylation is 1. The Morgan fingerprint density at radius 3 is 2.11 bits per heavy atom. The van der Waals surface area contributed by atoms with Crippen LogP contribution in [0.4, 0.5) is 0 Å². The van der Waals surface area contributed by atoms with Crippen LogP contribution in [0.3, 0.4) is 0 Å². The summed E-state index contributed by atoms with van der Waals surface area (Å²) in [5.41, 5.74) is 4.35. The third kappa shape index (κ3) is 7.70. The lowest BCUT2D eigenvalue weighted by molar-refractivity contribution is 0.322. The Morgan fingerprint density at radius 1 is 0.964 bits per heavy atom. The van der Waals surface area contributed by atoms with Crippen molar-refractivity contribution in [3.63, 3.8) is 0 Å². The predicted octanol–water partition coefficient (Wildman–Crippen LogP) is 6.69. The summed E-state index contributed by atoms with van der Waals surface area (Å²) in [6.45, 7) is 3.60. The van der Waals surface area contributed by atoms with Gasteiger partial charge in [0.1, 0.15) is 0 Å². The van der Waals surface area contributed by atoms with Crippen molar-refractivity contribution in [2.24, 2.45) is 0 Å². The van der Waals surface area contributed by atoms with Crippen LogP contribution in [-0.2, 0) is 13.0 Å². The Hall–Kier alpha value is -1.15. The molecule has 0 radical (unpaired) electrons. The summed E-state index contributed by atoms with van der Waals surface area (Å²) in [5, 5.41) is 7.32. The van der Waals surface area contributed by atoms with Crippen molar-refractivity contribution >= 4 is 31.9 Å². The van der Waals surface area contributed by atoms with Gasteiger partial charge in [-0.05, 0) is 61.9 Å². The van der Waals surface area contributed by atoms with Gasteiger partial charge in [0, 0.05) is 23.1 Å². The highest BCUT2D eigenvalue weighted by Gasteiger charge is 2.31. The number of nitriles is 1. The number of nitrogens with zero attached hydrogens (tertiary/aromatic N) is 2. The van der Waals surface area contributed by atoms with E-state index < -0.39 is 0 Å². The summed E-state index contributed by atoms with van der Waals surface area (Å²) in [4.78, 5) is 3.63. The fourth-order valence-electron chi connectivity index (χ4n) is 3.69. The molecule has 1 saturated carbocycles. The fraction of sp³-hybridized carbons (Fsp3) is 0.458. The van der Waals surface area contributed by atoms with Crippen molar-refractivity contribution in [1.82, 2.24) is 4.90 Å². The van der Waals surface area contributed by atoms with Gasteiger partial charge in [-0.3, -0.25) is 0 Å². The number of halogens is 2. The molecule has 2 aromatic rings. The van der Waals surface area contributed by atoms with Crippen LogP contribution >= 0.6 is 31.9 Å². The topological polar surface area (TPSA) is 27.0 Å². The molecule has 2 aromatic carbocycles. The van der Waals surface area contributed by atoms with Gasteiger partial charge in [-0.1, -0.05) is 86.5 Å². The van der Waals surface area contributed by atoms with Gasteiger partial charge < -0.3 is 4.90 Å². The smallest absolute Gasteiger partial charge is 0.0587 e. The predicted molar refractivity (Wildman–Crippen MR) is 126 cm³/mol. The number of rotatable bonds is 7. The van der Waals surface area contributed by atoms with Crippen molar-refractivity contribution in [1.29, 1.82) is 5.26 Å². The first-order chi connectivity index (χ1) is 13.5. The Kier molecular flexibility index (Phi) is 10.3. The second-order valence-electron chi connectivity index (χ2n) is 7.49. The number of hydrogen-bond acceptors (Lipinski definition) is 2. The van der Waals surface area contributed by atoms with Crippen molar-refractivity contribution in [2.75, 3.05) is 13.6 Å². The maximum Gasteiger partial charge on any atom is 0.0587 e. The van der Waals surface area contributed by atoms with Gasteiger partial charge in [-0.15, -0.1) is 0 Å². The Balaban J connectivity index is 0.000000878. The van der Waals surface area contributed by atoms with Crippen LogP contribution < -0.4 is 0 Å². The number of hydrogen-bond donors (Lipinski definition) is 0. The van der Waals surface area contributed by atoms with Crippen molar-refractivity contribution < 1.29 is 0 Å². The summed E-state index contributed by atoms with van der Waals surface area (Å²) >= 11 is 7.55. The van der Waals surface area contributed by atoms with Gasteiger partial charge >= 0.3 is 0 Å². The zero-order valence-corrected chi connectivity index (χ0v) is 20.0. The van der Waals surface area contributed by atoms with Gasteiger partial charge in [-0.2, -0.15) is 5.26 Å². The largest absolute Gasteiger partial charge is 0.302 e. The minimum Gasteiger partial charge on any atom is -0.302 e. The van der Waals surface area contributed by atoms with Crippen molar-refractivity contribution in [3.05, 3.63) is 71.3 Å². The molecule has 1 aliphatic carbocycles. The van der Waals surface area contributed by atoms with Crippen molar-refractivity contribution in [3.8, 4) is 6.07 Å². The maximum atomic E-state index is 7.32. The number of benzene rings is 2. The zero-order valence-electron chi connectivity index (χ0n) is 16.8. The quantitative estimate of drug-likeness (QED) is 0.392. The van der Waals surface area contributed by atoms with E-state index in [1.807, 2.05) is 0 Å². The molecule has 3 rings (SSSR count). The normalized spacial score (nSPS) is 21.1. The molecular formula is C24H30Br2N2. The van der Waals surface area contributed by atoms with Gasteiger partial charge in [0.15, 0.2) is 0 Å². The van der Waals surface area contributed by atoms with Crippen LogP contribution in [0.5, 0.6) is 0 Å². The van der Waals surface area contributed by atoms with Crippen molar-refractivity contribution in [2.45, 2.75) is 54.7 Å². The lowest BCUT2D eigenvalue weighted by Crippen LogP contribution is -2.19. The molecular weight excluding hydrogens is 476 g/mol. The third-order valence-electron chi connectivity index (χ3n) is 5.16. The van der Waals surface area contributed by atoms with Gasteiger partial charge in [-0.25, -0.2) is 0 Å². The molecule has 0 amide bonds. The van der Waals surface area contributed by atoms with Crippen LogP contribution in [0, 0.1) is 11.3 Å². The lowest BCUT2D eigenvalue weighted by atomic mass is 9.96. The van der Waals surface area contributed by atoms with E-state index in [0.29, 0.717) is 15.6 Å². The van der Waals surface area contributed by atoms with E-state index in [2.05, 4.69) is 98.4 Å². The lowest BCUT2D eigenvalue weighted by Gasteiger charge is -2.16. The average molecular weight is 506 g/mol. The molecule has 0 aromatic heterocycles. The van der Waals surface area contributed by atoms with E-state index in [4.69, 9.17) is 5.26 Å². The molecule has 0 bridgehead atoms. The maximum absolute atomic E-state index is 7.32. The van der Waals surface area contributed by atoms with Crippen LogP contribution in [-0.4, -0.2) is 28.1 Å².